The predicted octanol–water partition coefficient (Wildman–Crippen LogP) is -1.97. The van der Waals surface area contributed by atoms with Gasteiger partial charge in [-0.05, 0) is 0 Å². The first kappa shape index (κ1) is 15.6. The Morgan fingerprint density at radius 2 is 1.76 bits per heavy atom. The Hall–Kier alpha value is -1.44. The minimum absolute atomic E-state index is 0.00681. The van der Waals surface area contributed by atoms with Gasteiger partial charge in [-0.25, -0.2) is 4.79 Å². The highest BCUT2D eigenvalue weighted by Crippen LogP contribution is 1.91. The number of aliphatic hydroxyl groups excluding tert-OH is 2. The number of rotatable bonds is 9. The number of nitrogens with zero attached hydrogens (tertiary/aromatic N) is 1. The van der Waals surface area contributed by atoms with Crippen LogP contribution in [-0.4, -0.2) is 71.5 Å². The van der Waals surface area contributed by atoms with Crippen LogP contribution < -0.4 is 5.32 Å². The van der Waals surface area contributed by atoms with Crippen molar-refractivity contribution >= 4 is 11.9 Å². The van der Waals surface area contributed by atoms with Crippen LogP contribution in [0.3, 0.4) is 0 Å². The molecule has 4 N–H and O–H groups in total. The van der Waals surface area contributed by atoms with E-state index in [2.05, 4.69) is 5.32 Å². The van der Waals surface area contributed by atoms with E-state index in [0.29, 0.717) is 19.6 Å². The summed E-state index contributed by atoms with van der Waals surface area (Å²) in [4.78, 5) is 23.0. The third kappa shape index (κ3) is 8.38. The molecule has 0 saturated carbocycles. The molecule has 7 heteroatoms. The van der Waals surface area contributed by atoms with Crippen molar-refractivity contribution in [1.82, 2.24) is 10.2 Å². The number of carbonyl (C=O) groups excluding carboxylic acids is 1. The zero-order valence-corrected chi connectivity index (χ0v) is 9.50. The zero-order chi connectivity index (χ0) is 13.1. The molecule has 0 aromatic heterocycles. The van der Waals surface area contributed by atoms with Crippen molar-refractivity contribution in [2.24, 2.45) is 0 Å². The normalized spacial score (nSPS) is 10.7. The molecule has 0 rings (SSSR count). The molecule has 0 aromatic carbocycles. The molecular weight excluding hydrogens is 228 g/mol. The number of aliphatic carboxylic acids is 1. The Morgan fingerprint density at radius 1 is 1.06 bits per heavy atom. The Labute approximate surface area is 99.3 Å². The van der Waals surface area contributed by atoms with Gasteiger partial charge in [-0.15, -0.1) is 0 Å². The quantitative estimate of drug-likeness (QED) is 0.277. The molecule has 0 bridgehead atoms. The van der Waals surface area contributed by atoms with Crippen molar-refractivity contribution < 1.29 is 24.9 Å². The van der Waals surface area contributed by atoms with E-state index < -0.39 is 11.9 Å². The summed E-state index contributed by atoms with van der Waals surface area (Å²) >= 11 is 0. The monoisotopic (exact) mass is 246 g/mol. The van der Waals surface area contributed by atoms with E-state index in [1.54, 1.807) is 0 Å². The van der Waals surface area contributed by atoms with Crippen molar-refractivity contribution in [1.29, 1.82) is 0 Å². The predicted molar refractivity (Wildman–Crippen MR) is 60.4 cm³/mol. The molecule has 0 saturated heterocycles. The van der Waals surface area contributed by atoms with Crippen LogP contribution in [0.5, 0.6) is 0 Å². The number of carboxylic acid groups (broad SMARTS) is 1. The lowest BCUT2D eigenvalue weighted by molar-refractivity contribution is -0.132. The van der Waals surface area contributed by atoms with Gasteiger partial charge in [-0.3, -0.25) is 4.79 Å². The van der Waals surface area contributed by atoms with Crippen molar-refractivity contribution in [3.8, 4) is 0 Å². The van der Waals surface area contributed by atoms with Crippen molar-refractivity contribution in [3.63, 3.8) is 0 Å². The maximum atomic E-state index is 11.5. The smallest absolute Gasteiger partial charge is 0.328 e. The topological polar surface area (TPSA) is 110 Å². The van der Waals surface area contributed by atoms with Crippen LogP contribution in [0.25, 0.3) is 0 Å². The Morgan fingerprint density at radius 3 is 2.29 bits per heavy atom. The van der Waals surface area contributed by atoms with Crippen molar-refractivity contribution in [3.05, 3.63) is 12.2 Å². The van der Waals surface area contributed by atoms with Crippen LogP contribution >= 0.6 is 0 Å². The molecule has 7 nitrogen and oxygen atoms in total. The number of hydrogen-bond acceptors (Lipinski definition) is 5. The molecule has 0 heterocycles. The first-order valence-corrected chi connectivity index (χ1v) is 5.24. The van der Waals surface area contributed by atoms with Gasteiger partial charge in [0.05, 0.1) is 13.2 Å². The van der Waals surface area contributed by atoms with Crippen LogP contribution in [0, 0.1) is 0 Å². The lowest BCUT2D eigenvalue weighted by Gasteiger charge is -2.20. The molecule has 98 valence electrons. The summed E-state index contributed by atoms with van der Waals surface area (Å²) in [5.74, 6) is -1.66. The van der Waals surface area contributed by atoms with E-state index in [9.17, 15) is 9.59 Å². The molecule has 0 aliphatic carbocycles. The lowest BCUT2D eigenvalue weighted by atomic mass is 10.4. The molecule has 17 heavy (non-hydrogen) atoms. The van der Waals surface area contributed by atoms with Crippen molar-refractivity contribution in [2.75, 3.05) is 39.4 Å². The van der Waals surface area contributed by atoms with E-state index in [1.165, 1.54) is 4.90 Å². The average molecular weight is 246 g/mol. The maximum absolute atomic E-state index is 11.5. The summed E-state index contributed by atoms with van der Waals surface area (Å²) in [5, 5.41) is 28.6. The average Bonchev–Trinajstić information content (AvgIpc) is 2.30. The SMILES string of the molecule is O=C(O)/C=C\C(=O)N(CCO)CCNCCO. The van der Waals surface area contributed by atoms with Gasteiger partial charge in [0.2, 0.25) is 5.91 Å². The summed E-state index contributed by atoms with van der Waals surface area (Å²) in [6.07, 6.45) is 1.71. The van der Waals surface area contributed by atoms with Crippen LogP contribution in [0.4, 0.5) is 0 Å². The van der Waals surface area contributed by atoms with Crippen LogP contribution in [0.2, 0.25) is 0 Å². The molecule has 0 aliphatic heterocycles. The minimum Gasteiger partial charge on any atom is -0.478 e. The first-order valence-electron chi connectivity index (χ1n) is 5.24. The number of aliphatic hydroxyl groups is 2. The zero-order valence-electron chi connectivity index (χ0n) is 9.50. The fourth-order valence-corrected chi connectivity index (χ4v) is 1.12. The van der Waals surface area contributed by atoms with E-state index in [1.807, 2.05) is 0 Å². The maximum Gasteiger partial charge on any atom is 0.328 e. The summed E-state index contributed by atoms with van der Waals surface area (Å²) < 4.78 is 0. The van der Waals surface area contributed by atoms with Gasteiger partial charge in [-0.2, -0.15) is 0 Å². The molecule has 0 unspecified atom stereocenters. The van der Waals surface area contributed by atoms with Gasteiger partial charge in [0.25, 0.3) is 0 Å². The molecule has 0 spiro atoms. The molecule has 0 aromatic rings. The number of hydrogen-bond donors (Lipinski definition) is 4. The summed E-state index contributed by atoms with van der Waals surface area (Å²) in [5.41, 5.74) is 0. The van der Waals surface area contributed by atoms with Crippen LogP contribution in [0.15, 0.2) is 12.2 Å². The van der Waals surface area contributed by atoms with Gasteiger partial charge >= 0.3 is 5.97 Å². The summed E-state index contributed by atoms with van der Waals surface area (Å²) in [6.45, 7) is 1.19. The standard InChI is InChI=1S/C10H18N2O5/c13-7-4-11-3-5-12(6-8-14)9(15)1-2-10(16)17/h1-2,11,13-14H,3-8H2,(H,16,17)/b2-1-. The van der Waals surface area contributed by atoms with Gasteiger partial charge in [0, 0.05) is 38.3 Å². The molecule has 0 fully saturated rings. The Bertz CT molecular complexity index is 267. The highest BCUT2D eigenvalue weighted by atomic mass is 16.4. The number of amides is 1. The van der Waals surface area contributed by atoms with Crippen LogP contribution in [-0.2, 0) is 9.59 Å². The number of nitrogens with one attached hydrogen (secondary N) is 1. The molecule has 0 aliphatic rings. The second-order valence-corrected chi connectivity index (χ2v) is 3.19. The van der Waals surface area contributed by atoms with Crippen molar-refractivity contribution in [2.45, 2.75) is 0 Å². The largest absolute Gasteiger partial charge is 0.478 e. The van der Waals surface area contributed by atoms with Gasteiger partial charge < -0.3 is 25.5 Å². The molecule has 1 amide bonds. The molecule has 0 atom stereocenters. The van der Waals surface area contributed by atoms with E-state index in [-0.39, 0.29) is 19.8 Å². The van der Waals surface area contributed by atoms with E-state index in [0.717, 1.165) is 12.2 Å². The molecular formula is C10H18N2O5. The summed E-state index contributed by atoms with van der Waals surface area (Å²) in [7, 11) is 0. The van der Waals surface area contributed by atoms with Gasteiger partial charge in [-0.1, -0.05) is 0 Å². The fraction of sp³-hybridized carbons (Fsp3) is 0.600. The third-order valence-corrected chi connectivity index (χ3v) is 1.90. The lowest BCUT2D eigenvalue weighted by Crippen LogP contribution is -2.38. The Balaban J connectivity index is 4.11. The number of carbonyl (C=O) groups is 2. The van der Waals surface area contributed by atoms with Gasteiger partial charge in [0.1, 0.15) is 0 Å². The third-order valence-electron chi connectivity index (χ3n) is 1.90. The van der Waals surface area contributed by atoms with E-state index in [4.69, 9.17) is 15.3 Å². The minimum atomic E-state index is -1.19. The second kappa shape index (κ2) is 9.76. The highest BCUT2D eigenvalue weighted by Gasteiger charge is 2.09. The number of carboxylic acids is 1. The second-order valence-electron chi connectivity index (χ2n) is 3.19. The van der Waals surface area contributed by atoms with E-state index >= 15 is 0 Å². The van der Waals surface area contributed by atoms with Crippen LogP contribution in [0.1, 0.15) is 0 Å². The molecule has 0 radical (unpaired) electrons. The van der Waals surface area contributed by atoms with Gasteiger partial charge in [0.15, 0.2) is 0 Å². The highest BCUT2D eigenvalue weighted by molar-refractivity contribution is 5.93. The first-order chi connectivity index (χ1) is 8.11. The fourth-order valence-electron chi connectivity index (χ4n) is 1.12. The summed E-state index contributed by atoms with van der Waals surface area (Å²) in [6, 6.07) is 0. The Kier molecular flexibility index (Phi) is 8.94.